The van der Waals surface area contributed by atoms with Crippen LogP contribution in [0.15, 0.2) is 48.5 Å². The van der Waals surface area contributed by atoms with Crippen LogP contribution in [0.1, 0.15) is 58.4 Å². The summed E-state index contributed by atoms with van der Waals surface area (Å²) in [6.45, 7) is 5.69. The van der Waals surface area contributed by atoms with Gasteiger partial charge >= 0.3 is 0 Å². The van der Waals surface area contributed by atoms with Gasteiger partial charge in [-0.2, -0.15) is 0 Å². The highest BCUT2D eigenvalue weighted by molar-refractivity contribution is 7.94. The fraction of sp³-hybridized carbons (Fsp3) is 0.478. The van der Waals surface area contributed by atoms with Crippen LogP contribution in [0.4, 0.5) is 11.4 Å². The molecule has 1 saturated carbocycles. The molecule has 0 heterocycles. The van der Waals surface area contributed by atoms with Crippen molar-refractivity contribution in [1.29, 1.82) is 0 Å². The van der Waals surface area contributed by atoms with Gasteiger partial charge in [-0.25, -0.2) is 8.42 Å². The van der Waals surface area contributed by atoms with E-state index in [9.17, 15) is 8.42 Å². The Morgan fingerprint density at radius 1 is 0.966 bits per heavy atom. The van der Waals surface area contributed by atoms with Gasteiger partial charge in [-0.05, 0) is 76.3 Å². The van der Waals surface area contributed by atoms with Gasteiger partial charge in [0.25, 0.3) is 0 Å². The molecule has 29 heavy (non-hydrogen) atoms. The second kappa shape index (κ2) is 9.08. The minimum absolute atomic E-state index is 0.337. The van der Waals surface area contributed by atoms with E-state index in [4.69, 9.17) is 4.74 Å². The number of nitrogens with one attached hydrogen (secondary N) is 2. The third kappa shape index (κ3) is 6.13. The summed E-state index contributed by atoms with van der Waals surface area (Å²) in [7, 11) is -3.42. The molecule has 2 aromatic rings. The Morgan fingerprint density at radius 2 is 1.66 bits per heavy atom. The normalized spacial score (nSPS) is 15.7. The minimum atomic E-state index is -3.42. The van der Waals surface area contributed by atoms with E-state index in [1.54, 1.807) is 32.9 Å². The zero-order valence-electron chi connectivity index (χ0n) is 17.6. The molecule has 0 atom stereocenters. The van der Waals surface area contributed by atoms with Crippen LogP contribution in [0.25, 0.3) is 0 Å². The van der Waals surface area contributed by atoms with Crippen molar-refractivity contribution in [1.82, 2.24) is 0 Å². The van der Waals surface area contributed by atoms with Crippen molar-refractivity contribution in [2.75, 3.05) is 10.0 Å². The first-order valence-corrected chi connectivity index (χ1v) is 11.8. The molecular weight excluding hydrogens is 384 g/mol. The second-order valence-corrected chi connectivity index (χ2v) is 11.1. The highest BCUT2D eigenvalue weighted by Crippen LogP contribution is 2.25. The molecule has 158 valence electrons. The second-order valence-electron chi connectivity index (χ2n) is 8.67. The molecule has 3 rings (SSSR count). The van der Waals surface area contributed by atoms with Crippen LogP contribution in [0.5, 0.6) is 5.75 Å². The average Bonchev–Trinajstić information content (AvgIpc) is 2.67. The van der Waals surface area contributed by atoms with E-state index >= 15 is 0 Å². The third-order valence-electron chi connectivity index (χ3n) is 5.20. The molecule has 0 spiro atoms. The van der Waals surface area contributed by atoms with E-state index in [0.29, 0.717) is 18.3 Å². The van der Waals surface area contributed by atoms with Crippen molar-refractivity contribution in [2.24, 2.45) is 0 Å². The summed E-state index contributed by atoms with van der Waals surface area (Å²) in [4.78, 5) is 0. The molecule has 0 aliphatic heterocycles. The molecule has 0 radical (unpaired) electrons. The van der Waals surface area contributed by atoms with Crippen LogP contribution >= 0.6 is 0 Å². The summed E-state index contributed by atoms with van der Waals surface area (Å²) in [5.74, 6) is 0.911. The highest BCUT2D eigenvalue weighted by Gasteiger charge is 2.28. The Bertz CT molecular complexity index is 896. The quantitative estimate of drug-likeness (QED) is 0.621. The highest BCUT2D eigenvalue weighted by atomic mass is 32.2. The van der Waals surface area contributed by atoms with E-state index in [1.807, 2.05) is 36.4 Å². The maximum atomic E-state index is 12.3. The van der Waals surface area contributed by atoms with E-state index < -0.39 is 14.8 Å². The van der Waals surface area contributed by atoms with E-state index in [0.717, 1.165) is 29.8 Å². The fourth-order valence-electron chi connectivity index (χ4n) is 3.26. The topological polar surface area (TPSA) is 67.4 Å². The average molecular weight is 417 g/mol. The Morgan fingerprint density at radius 3 is 2.31 bits per heavy atom. The Labute approximate surface area is 174 Å². The number of rotatable bonds is 7. The molecule has 6 heteroatoms. The zero-order chi connectivity index (χ0) is 20.9. The van der Waals surface area contributed by atoms with E-state index in [2.05, 4.69) is 10.0 Å². The lowest BCUT2D eigenvalue weighted by atomic mass is 9.98. The Kier molecular flexibility index (Phi) is 6.73. The monoisotopic (exact) mass is 416 g/mol. The van der Waals surface area contributed by atoms with Crippen LogP contribution in [0.3, 0.4) is 0 Å². The van der Waals surface area contributed by atoms with Gasteiger partial charge in [-0.3, -0.25) is 4.72 Å². The van der Waals surface area contributed by atoms with Gasteiger partial charge in [0, 0.05) is 24.0 Å². The van der Waals surface area contributed by atoms with Gasteiger partial charge < -0.3 is 10.1 Å². The smallest absolute Gasteiger partial charge is 0.237 e. The summed E-state index contributed by atoms with van der Waals surface area (Å²) in [6, 6.07) is 15.5. The minimum Gasteiger partial charge on any atom is -0.490 e. The number of ether oxygens (including phenoxy) is 1. The zero-order valence-corrected chi connectivity index (χ0v) is 18.4. The number of sulfonamides is 1. The van der Waals surface area contributed by atoms with Crippen molar-refractivity contribution in [3.8, 4) is 5.75 Å². The first-order valence-electron chi connectivity index (χ1n) is 10.3. The van der Waals surface area contributed by atoms with Crippen molar-refractivity contribution in [2.45, 2.75) is 70.3 Å². The van der Waals surface area contributed by atoms with Crippen LogP contribution in [0, 0.1) is 0 Å². The lowest BCUT2D eigenvalue weighted by Crippen LogP contribution is -2.33. The Balaban J connectivity index is 1.55. The van der Waals surface area contributed by atoms with Crippen molar-refractivity contribution in [3.05, 3.63) is 54.1 Å². The summed E-state index contributed by atoms with van der Waals surface area (Å²) in [5.41, 5.74) is 2.66. The number of hydrogen-bond acceptors (Lipinski definition) is 4. The first-order chi connectivity index (χ1) is 13.7. The standard InChI is InChI=1S/C23H32N2O3S/c1-23(2,3)29(26,27)25-19-14-12-18(13-15-19)17-24-20-8-7-11-22(16-20)28-21-9-5-4-6-10-21/h7-8,11-16,21,24-25H,4-6,9-10,17H2,1-3H3. The summed E-state index contributed by atoms with van der Waals surface area (Å²) >= 11 is 0. The van der Waals surface area contributed by atoms with E-state index in [-0.39, 0.29) is 0 Å². The van der Waals surface area contributed by atoms with Crippen molar-refractivity contribution < 1.29 is 13.2 Å². The van der Waals surface area contributed by atoms with Crippen molar-refractivity contribution >= 4 is 21.4 Å². The molecule has 2 N–H and O–H groups in total. The van der Waals surface area contributed by atoms with Crippen molar-refractivity contribution in [3.63, 3.8) is 0 Å². The number of benzene rings is 2. The molecule has 5 nitrogen and oxygen atoms in total. The van der Waals surface area contributed by atoms with Crippen LogP contribution in [-0.4, -0.2) is 19.3 Å². The van der Waals surface area contributed by atoms with Crippen LogP contribution < -0.4 is 14.8 Å². The van der Waals surface area contributed by atoms with E-state index in [1.165, 1.54) is 19.3 Å². The van der Waals surface area contributed by atoms with Gasteiger partial charge in [0.15, 0.2) is 0 Å². The molecule has 0 amide bonds. The number of anilines is 2. The van der Waals surface area contributed by atoms with Gasteiger partial charge in [-0.15, -0.1) is 0 Å². The largest absolute Gasteiger partial charge is 0.490 e. The Hall–Kier alpha value is -2.21. The molecule has 1 aliphatic carbocycles. The lowest BCUT2D eigenvalue weighted by Gasteiger charge is -2.23. The molecule has 0 aromatic heterocycles. The lowest BCUT2D eigenvalue weighted by molar-refractivity contribution is 0.155. The maximum Gasteiger partial charge on any atom is 0.237 e. The molecule has 0 unspecified atom stereocenters. The van der Waals surface area contributed by atoms with Gasteiger partial charge in [0.1, 0.15) is 5.75 Å². The number of hydrogen-bond donors (Lipinski definition) is 2. The molecule has 0 bridgehead atoms. The summed E-state index contributed by atoms with van der Waals surface area (Å²) < 4.78 is 32.4. The third-order valence-corrected chi connectivity index (χ3v) is 7.31. The summed E-state index contributed by atoms with van der Waals surface area (Å²) in [6.07, 6.45) is 6.45. The van der Waals surface area contributed by atoms with Gasteiger partial charge in [0.05, 0.1) is 10.9 Å². The molecule has 0 saturated heterocycles. The SMILES string of the molecule is CC(C)(C)S(=O)(=O)Nc1ccc(CNc2cccc(OC3CCCCC3)c2)cc1. The van der Waals surface area contributed by atoms with Gasteiger partial charge in [0.2, 0.25) is 10.0 Å². The molecular formula is C23H32N2O3S. The van der Waals surface area contributed by atoms with Crippen LogP contribution in [0.2, 0.25) is 0 Å². The predicted molar refractivity (Wildman–Crippen MR) is 120 cm³/mol. The predicted octanol–water partition coefficient (Wildman–Crippen LogP) is 5.55. The maximum absolute atomic E-state index is 12.3. The van der Waals surface area contributed by atoms with Gasteiger partial charge in [-0.1, -0.05) is 24.6 Å². The molecule has 2 aromatic carbocycles. The fourth-order valence-corrected chi connectivity index (χ4v) is 4.01. The molecule has 1 fully saturated rings. The summed E-state index contributed by atoms with van der Waals surface area (Å²) in [5, 5.41) is 3.41. The van der Waals surface area contributed by atoms with Crippen LogP contribution in [-0.2, 0) is 16.6 Å². The first kappa shape index (κ1) is 21.5. The molecule has 1 aliphatic rings.